The average Bonchev–Trinajstić information content (AvgIpc) is 3.45. The van der Waals surface area contributed by atoms with Crippen LogP contribution in [-0.2, 0) is 23.1 Å². The van der Waals surface area contributed by atoms with Crippen molar-refractivity contribution < 1.29 is 22.4 Å². The number of sulfonamides is 1. The maximum atomic E-state index is 12.9. The second-order valence-corrected chi connectivity index (χ2v) is 9.07. The minimum absolute atomic E-state index is 0.103. The van der Waals surface area contributed by atoms with E-state index < -0.39 is 10.0 Å². The predicted molar refractivity (Wildman–Crippen MR) is 113 cm³/mol. The van der Waals surface area contributed by atoms with E-state index in [1.54, 1.807) is 43.5 Å². The molecule has 2 aromatic carbocycles. The molecule has 0 aliphatic heterocycles. The number of hydrogen-bond acceptors (Lipinski definition) is 10. The second-order valence-electron chi connectivity index (χ2n) is 6.53. The summed E-state index contributed by atoms with van der Waals surface area (Å²) < 4.78 is 51.2. The molecule has 0 atom stereocenters. The van der Waals surface area contributed by atoms with Gasteiger partial charge in [0.25, 0.3) is 5.89 Å². The van der Waals surface area contributed by atoms with Gasteiger partial charge < -0.3 is 14.0 Å². The Bertz CT molecular complexity index is 1270. The molecule has 0 aliphatic carbocycles. The van der Waals surface area contributed by atoms with Crippen molar-refractivity contribution in [2.45, 2.75) is 17.9 Å². The number of ether oxygens (including phenoxy) is 2. The molecule has 0 bridgehead atoms. The van der Waals surface area contributed by atoms with E-state index in [0.717, 1.165) is 17.5 Å². The number of fused-ring (bicyclic) bond motifs is 1. The number of benzene rings is 2. The molecule has 0 N–H and O–H groups in total. The molecule has 0 amide bonds. The van der Waals surface area contributed by atoms with E-state index in [9.17, 15) is 8.42 Å². The largest absolute Gasteiger partial charge is 0.497 e. The van der Waals surface area contributed by atoms with Gasteiger partial charge in [-0.1, -0.05) is 11.2 Å². The van der Waals surface area contributed by atoms with Crippen LogP contribution >= 0.6 is 11.7 Å². The molecule has 0 radical (unpaired) electrons. The van der Waals surface area contributed by atoms with E-state index in [-0.39, 0.29) is 24.5 Å². The summed E-state index contributed by atoms with van der Waals surface area (Å²) in [6, 6.07) is 12.0. The molecule has 10 nitrogen and oxygen atoms in total. The van der Waals surface area contributed by atoms with Gasteiger partial charge in [0.2, 0.25) is 10.0 Å². The highest BCUT2D eigenvalue weighted by molar-refractivity contribution is 7.89. The summed E-state index contributed by atoms with van der Waals surface area (Å²) in [5.74, 6) is 2.06. The van der Waals surface area contributed by atoms with Crippen LogP contribution in [-0.4, -0.2) is 52.3 Å². The lowest BCUT2D eigenvalue weighted by molar-refractivity contribution is 0.242. The van der Waals surface area contributed by atoms with Gasteiger partial charge in [-0.3, -0.25) is 0 Å². The lowest BCUT2D eigenvalue weighted by Gasteiger charge is -2.16. The standard InChI is InChI=1S/C19H19N5O5S2/c1-24(31(25,26)16-5-3-4-15-19(16)23-30-22-15)11-10-17-20-18(29-21-17)12-28-14-8-6-13(27-2)7-9-14/h3-9H,10-12H2,1-2H3. The van der Waals surface area contributed by atoms with Gasteiger partial charge in [-0.2, -0.15) is 13.7 Å². The fraction of sp³-hybridized carbons (Fsp3) is 0.263. The van der Waals surface area contributed by atoms with E-state index in [4.69, 9.17) is 14.0 Å². The summed E-state index contributed by atoms with van der Waals surface area (Å²) in [4.78, 5) is 4.39. The molecule has 2 aromatic heterocycles. The predicted octanol–water partition coefficient (Wildman–Crippen LogP) is 2.53. The molecule has 0 saturated carbocycles. The highest BCUT2D eigenvalue weighted by Gasteiger charge is 2.25. The Morgan fingerprint density at radius 1 is 1.10 bits per heavy atom. The van der Waals surface area contributed by atoms with Crippen LogP contribution in [0.2, 0.25) is 0 Å². The molecule has 2 heterocycles. The average molecular weight is 462 g/mol. The monoisotopic (exact) mass is 461 g/mol. The van der Waals surface area contributed by atoms with Crippen molar-refractivity contribution >= 4 is 32.8 Å². The van der Waals surface area contributed by atoms with Crippen molar-refractivity contribution in [3.63, 3.8) is 0 Å². The minimum Gasteiger partial charge on any atom is -0.497 e. The molecule has 4 aromatic rings. The van der Waals surface area contributed by atoms with Crippen LogP contribution in [0.25, 0.3) is 11.0 Å². The van der Waals surface area contributed by atoms with E-state index >= 15 is 0 Å². The van der Waals surface area contributed by atoms with Crippen LogP contribution < -0.4 is 9.47 Å². The van der Waals surface area contributed by atoms with Crippen LogP contribution in [0.15, 0.2) is 51.9 Å². The number of aromatic nitrogens is 4. The Kier molecular flexibility index (Phi) is 6.11. The molecule has 0 unspecified atom stereocenters. The first-order valence-electron chi connectivity index (χ1n) is 9.23. The molecular formula is C19H19N5O5S2. The molecule has 4 rings (SSSR count). The topological polar surface area (TPSA) is 121 Å². The maximum absolute atomic E-state index is 12.9. The van der Waals surface area contributed by atoms with Crippen molar-refractivity contribution in [1.29, 1.82) is 0 Å². The number of hydrogen-bond donors (Lipinski definition) is 0. The number of rotatable bonds is 9. The second kappa shape index (κ2) is 8.96. The summed E-state index contributed by atoms with van der Waals surface area (Å²) in [6.07, 6.45) is 0.285. The van der Waals surface area contributed by atoms with Gasteiger partial charge in [0.1, 0.15) is 27.4 Å². The molecule has 0 fully saturated rings. The molecule has 0 saturated heterocycles. The SMILES string of the molecule is COc1ccc(OCc2nc(CCN(C)S(=O)(=O)c3cccc4nsnc34)no2)cc1. The quantitative estimate of drug-likeness (QED) is 0.370. The van der Waals surface area contributed by atoms with Gasteiger partial charge in [-0.15, -0.1) is 0 Å². The first kappa shape index (κ1) is 21.2. The maximum Gasteiger partial charge on any atom is 0.264 e. The van der Waals surface area contributed by atoms with Gasteiger partial charge >= 0.3 is 0 Å². The Labute approximate surface area is 182 Å². The molecule has 0 aliphatic rings. The number of nitrogens with zero attached hydrogens (tertiary/aromatic N) is 5. The fourth-order valence-corrected chi connectivity index (χ4v) is 4.72. The summed E-state index contributed by atoms with van der Waals surface area (Å²) in [7, 11) is -0.640. The fourth-order valence-electron chi connectivity index (χ4n) is 2.80. The third kappa shape index (κ3) is 4.65. The summed E-state index contributed by atoms with van der Waals surface area (Å²) in [5, 5.41) is 3.90. The van der Waals surface area contributed by atoms with E-state index in [2.05, 4.69) is 18.9 Å². The van der Waals surface area contributed by atoms with Crippen molar-refractivity contribution in [2.24, 2.45) is 0 Å². The first-order valence-corrected chi connectivity index (χ1v) is 11.4. The van der Waals surface area contributed by atoms with Crippen molar-refractivity contribution in [3.8, 4) is 11.5 Å². The van der Waals surface area contributed by atoms with Crippen LogP contribution in [0, 0.1) is 0 Å². The van der Waals surface area contributed by atoms with Crippen LogP contribution in [0.3, 0.4) is 0 Å². The molecular weight excluding hydrogens is 442 g/mol. The third-order valence-electron chi connectivity index (χ3n) is 4.52. The summed E-state index contributed by atoms with van der Waals surface area (Å²) in [6.45, 7) is 0.279. The van der Waals surface area contributed by atoms with Gasteiger partial charge in [0.05, 0.1) is 18.8 Å². The van der Waals surface area contributed by atoms with Crippen LogP contribution in [0.4, 0.5) is 0 Å². The number of likely N-dealkylation sites (N-methyl/N-ethyl adjacent to an activating group) is 1. The smallest absolute Gasteiger partial charge is 0.264 e. The van der Waals surface area contributed by atoms with Crippen molar-refractivity contribution in [3.05, 3.63) is 54.2 Å². The molecule has 0 spiro atoms. The van der Waals surface area contributed by atoms with E-state index in [1.807, 2.05) is 0 Å². The van der Waals surface area contributed by atoms with Gasteiger partial charge in [-0.25, -0.2) is 12.7 Å². The molecule has 31 heavy (non-hydrogen) atoms. The highest BCUT2D eigenvalue weighted by atomic mass is 32.2. The van der Waals surface area contributed by atoms with E-state index in [0.29, 0.717) is 28.5 Å². The first-order chi connectivity index (χ1) is 15.0. The Morgan fingerprint density at radius 2 is 1.87 bits per heavy atom. The van der Waals surface area contributed by atoms with Crippen molar-refractivity contribution in [2.75, 3.05) is 20.7 Å². The zero-order valence-corrected chi connectivity index (χ0v) is 18.4. The van der Waals surface area contributed by atoms with Gasteiger partial charge in [-0.05, 0) is 36.4 Å². The minimum atomic E-state index is -3.73. The summed E-state index contributed by atoms with van der Waals surface area (Å²) >= 11 is 0.979. The lowest BCUT2D eigenvalue weighted by Crippen LogP contribution is -2.29. The number of methoxy groups -OCH3 is 1. The molecule has 12 heteroatoms. The Morgan fingerprint density at radius 3 is 2.65 bits per heavy atom. The zero-order chi connectivity index (χ0) is 21.8. The highest BCUT2D eigenvalue weighted by Crippen LogP contribution is 2.24. The zero-order valence-electron chi connectivity index (χ0n) is 16.8. The van der Waals surface area contributed by atoms with Crippen LogP contribution in [0.5, 0.6) is 11.5 Å². The molecule has 162 valence electrons. The van der Waals surface area contributed by atoms with Gasteiger partial charge in [0.15, 0.2) is 12.4 Å². The van der Waals surface area contributed by atoms with Crippen LogP contribution in [0.1, 0.15) is 11.7 Å². The third-order valence-corrected chi connectivity index (χ3v) is 6.95. The normalized spacial score (nSPS) is 11.8. The lowest BCUT2D eigenvalue weighted by atomic mass is 10.3. The van der Waals surface area contributed by atoms with Gasteiger partial charge in [0, 0.05) is 20.0 Å². The summed E-state index contributed by atoms with van der Waals surface area (Å²) in [5.41, 5.74) is 0.927. The van der Waals surface area contributed by atoms with E-state index in [1.165, 1.54) is 17.4 Å². The Hall–Kier alpha value is -3.09. The van der Waals surface area contributed by atoms with Crippen molar-refractivity contribution in [1.82, 2.24) is 23.2 Å². The Balaban J connectivity index is 1.36.